The van der Waals surface area contributed by atoms with Crippen LogP contribution in [0.1, 0.15) is 48.2 Å². The Bertz CT molecular complexity index is 586. The second kappa shape index (κ2) is 6.77. The number of benzene rings is 2. The molecule has 1 N–H and O–H groups in total. The van der Waals surface area contributed by atoms with E-state index in [2.05, 4.69) is 63.3 Å². The normalized spacial score (nSPS) is 13.8. The third kappa shape index (κ3) is 4.08. The van der Waals surface area contributed by atoms with Crippen LogP contribution < -0.4 is 10.1 Å². The van der Waals surface area contributed by atoms with Gasteiger partial charge in [0, 0.05) is 12.1 Å². The molecule has 112 valence electrons. The first-order valence-electron chi connectivity index (χ1n) is 7.48. The first kappa shape index (κ1) is 15.6. The fourth-order valence-corrected chi connectivity index (χ4v) is 2.74. The quantitative estimate of drug-likeness (QED) is 0.857. The van der Waals surface area contributed by atoms with Crippen molar-refractivity contribution in [3.8, 4) is 5.75 Å². The molecule has 0 fully saturated rings. The Balaban J connectivity index is 2.12. The molecule has 0 amide bonds. The fourth-order valence-electron chi connectivity index (χ4n) is 2.74. The van der Waals surface area contributed by atoms with Crippen LogP contribution in [-0.4, -0.2) is 7.11 Å². The molecule has 0 aliphatic rings. The van der Waals surface area contributed by atoms with Gasteiger partial charge in [0.15, 0.2) is 0 Å². The van der Waals surface area contributed by atoms with Crippen molar-refractivity contribution >= 4 is 0 Å². The van der Waals surface area contributed by atoms with Crippen LogP contribution in [0, 0.1) is 13.8 Å². The van der Waals surface area contributed by atoms with Crippen LogP contribution in [0.4, 0.5) is 0 Å². The molecule has 0 bridgehead atoms. The van der Waals surface area contributed by atoms with Crippen LogP contribution in [0.3, 0.4) is 0 Å². The highest BCUT2D eigenvalue weighted by molar-refractivity contribution is 5.32. The van der Waals surface area contributed by atoms with Crippen LogP contribution in [0.2, 0.25) is 0 Å². The molecule has 0 aromatic heterocycles. The van der Waals surface area contributed by atoms with E-state index in [1.165, 1.54) is 22.3 Å². The Morgan fingerprint density at radius 2 is 1.48 bits per heavy atom. The van der Waals surface area contributed by atoms with Gasteiger partial charge in [-0.25, -0.2) is 0 Å². The van der Waals surface area contributed by atoms with Crippen molar-refractivity contribution in [2.45, 2.75) is 39.8 Å². The Labute approximate surface area is 128 Å². The maximum absolute atomic E-state index is 5.30. The van der Waals surface area contributed by atoms with Gasteiger partial charge in [-0.05, 0) is 51.0 Å². The largest absolute Gasteiger partial charge is 0.497 e. The van der Waals surface area contributed by atoms with Gasteiger partial charge >= 0.3 is 0 Å². The number of nitrogens with one attached hydrogen (secondary N) is 1. The number of aryl methyl sites for hydroxylation is 2. The van der Waals surface area contributed by atoms with Gasteiger partial charge in [-0.15, -0.1) is 0 Å². The standard InChI is InChI=1S/C19H25NO/c1-13-9-14(2)11-18(10-13)16(4)20-15(3)17-7-6-8-19(12-17)21-5/h6-12,15-16,20H,1-5H3. The van der Waals surface area contributed by atoms with Gasteiger partial charge in [-0.1, -0.05) is 41.5 Å². The minimum atomic E-state index is 0.274. The van der Waals surface area contributed by atoms with E-state index in [1.807, 2.05) is 12.1 Å². The summed E-state index contributed by atoms with van der Waals surface area (Å²) in [6.07, 6.45) is 0. The predicted molar refractivity (Wildman–Crippen MR) is 88.9 cm³/mol. The number of hydrogen-bond acceptors (Lipinski definition) is 2. The third-order valence-corrected chi connectivity index (χ3v) is 3.84. The summed E-state index contributed by atoms with van der Waals surface area (Å²) in [7, 11) is 1.70. The SMILES string of the molecule is COc1cccc(C(C)NC(C)c2cc(C)cc(C)c2)c1. The summed E-state index contributed by atoms with van der Waals surface area (Å²) in [6, 6.07) is 15.5. The molecule has 2 rings (SSSR count). The van der Waals surface area contributed by atoms with Crippen molar-refractivity contribution in [1.29, 1.82) is 0 Å². The highest BCUT2D eigenvalue weighted by Gasteiger charge is 2.12. The third-order valence-electron chi connectivity index (χ3n) is 3.84. The maximum atomic E-state index is 5.30. The lowest BCUT2D eigenvalue weighted by atomic mass is 10.0. The molecule has 2 unspecified atom stereocenters. The molecule has 2 nitrogen and oxygen atoms in total. The van der Waals surface area contributed by atoms with Gasteiger partial charge in [-0.2, -0.15) is 0 Å². The molecular weight excluding hydrogens is 258 g/mol. The summed E-state index contributed by atoms with van der Waals surface area (Å²) in [4.78, 5) is 0. The van der Waals surface area contributed by atoms with Crippen molar-refractivity contribution in [2.75, 3.05) is 7.11 Å². The van der Waals surface area contributed by atoms with E-state index in [1.54, 1.807) is 7.11 Å². The van der Waals surface area contributed by atoms with E-state index >= 15 is 0 Å². The highest BCUT2D eigenvalue weighted by Crippen LogP contribution is 2.23. The first-order chi connectivity index (χ1) is 9.99. The topological polar surface area (TPSA) is 21.3 Å². The van der Waals surface area contributed by atoms with Gasteiger partial charge in [-0.3, -0.25) is 0 Å². The molecule has 2 aromatic carbocycles. The van der Waals surface area contributed by atoms with Crippen molar-refractivity contribution in [3.05, 3.63) is 64.7 Å². The second-order valence-electron chi connectivity index (χ2n) is 5.81. The highest BCUT2D eigenvalue weighted by atomic mass is 16.5. The van der Waals surface area contributed by atoms with E-state index in [0.717, 1.165) is 5.75 Å². The summed E-state index contributed by atoms with van der Waals surface area (Å²) in [5.74, 6) is 0.903. The molecule has 0 aliphatic carbocycles. The van der Waals surface area contributed by atoms with E-state index < -0.39 is 0 Å². The molecule has 0 heterocycles. The average molecular weight is 283 g/mol. The van der Waals surface area contributed by atoms with Gasteiger partial charge in [0.25, 0.3) is 0 Å². The minimum absolute atomic E-state index is 0.274. The number of hydrogen-bond donors (Lipinski definition) is 1. The molecule has 0 saturated heterocycles. The average Bonchev–Trinajstić information content (AvgIpc) is 2.46. The number of ether oxygens (including phenoxy) is 1. The van der Waals surface area contributed by atoms with Crippen molar-refractivity contribution < 1.29 is 4.74 Å². The van der Waals surface area contributed by atoms with Gasteiger partial charge in [0.05, 0.1) is 7.11 Å². The number of methoxy groups -OCH3 is 1. The summed E-state index contributed by atoms with van der Waals surface area (Å²) in [5.41, 5.74) is 5.20. The lowest BCUT2D eigenvalue weighted by Gasteiger charge is -2.22. The van der Waals surface area contributed by atoms with Crippen LogP contribution in [0.5, 0.6) is 5.75 Å². The van der Waals surface area contributed by atoms with E-state index in [4.69, 9.17) is 4.74 Å². The van der Waals surface area contributed by atoms with Crippen molar-refractivity contribution in [1.82, 2.24) is 5.32 Å². The zero-order valence-electron chi connectivity index (χ0n) is 13.6. The molecule has 0 spiro atoms. The Hall–Kier alpha value is -1.80. The summed E-state index contributed by atoms with van der Waals surface area (Å²) < 4.78 is 5.30. The monoisotopic (exact) mass is 283 g/mol. The van der Waals surface area contributed by atoms with E-state index in [9.17, 15) is 0 Å². The molecule has 2 heteroatoms. The smallest absolute Gasteiger partial charge is 0.119 e. The second-order valence-corrected chi connectivity index (χ2v) is 5.81. The number of rotatable bonds is 5. The molecule has 0 saturated carbocycles. The summed E-state index contributed by atoms with van der Waals surface area (Å²) in [6.45, 7) is 8.70. The zero-order valence-corrected chi connectivity index (χ0v) is 13.6. The molecule has 0 aliphatic heterocycles. The van der Waals surface area contributed by atoms with Gasteiger partial charge in [0.2, 0.25) is 0 Å². The molecule has 2 aromatic rings. The Kier molecular flexibility index (Phi) is 5.03. The van der Waals surface area contributed by atoms with Gasteiger partial charge < -0.3 is 10.1 Å². The van der Waals surface area contributed by atoms with Crippen LogP contribution in [-0.2, 0) is 0 Å². The lowest BCUT2D eigenvalue weighted by molar-refractivity contribution is 0.412. The molecule has 2 atom stereocenters. The van der Waals surface area contributed by atoms with Crippen LogP contribution in [0.15, 0.2) is 42.5 Å². The summed E-state index contributed by atoms with van der Waals surface area (Å²) >= 11 is 0. The summed E-state index contributed by atoms with van der Waals surface area (Å²) in [5, 5.41) is 3.66. The molecule has 21 heavy (non-hydrogen) atoms. The van der Waals surface area contributed by atoms with Crippen LogP contribution in [0.25, 0.3) is 0 Å². The van der Waals surface area contributed by atoms with Gasteiger partial charge in [0.1, 0.15) is 5.75 Å². The van der Waals surface area contributed by atoms with Crippen molar-refractivity contribution in [3.63, 3.8) is 0 Å². The van der Waals surface area contributed by atoms with E-state index in [0.29, 0.717) is 6.04 Å². The molecule has 0 radical (unpaired) electrons. The van der Waals surface area contributed by atoms with Crippen molar-refractivity contribution in [2.24, 2.45) is 0 Å². The fraction of sp³-hybridized carbons (Fsp3) is 0.368. The Morgan fingerprint density at radius 1 is 0.857 bits per heavy atom. The minimum Gasteiger partial charge on any atom is -0.497 e. The lowest BCUT2D eigenvalue weighted by Crippen LogP contribution is -2.22. The maximum Gasteiger partial charge on any atom is 0.119 e. The zero-order chi connectivity index (χ0) is 15.4. The van der Waals surface area contributed by atoms with Crippen LogP contribution >= 0.6 is 0 Å². The molecular formula is C19H25NO. The van der Waals surface area contributed by atoms with E-state index in [-0.39, 0.29) is 6.04 Å². The first-order valence-corrected chi connectivity index (χ1v) is 7.48. The predicted octanol–water partition coefficient (Wildman–Crippen LogP) is 4.72. The Morgan fingerprint density at radius 3 is 2.10 bits per heavy atom.